The molecule has 0 saturated carbocycles. The Morgan fingerprint density at radius 1 is 0.976 bits per heavy atom. The van der Waals surface area contributed by atoms with E-state index in [0.717, 1.165) is 5.39 Å². The third-order valence-electron chi connectivity index (χ3n) is 6.23. The molecular formula is C32H32FNO7. The van der Waals surface area contributed by atoms with Gasteiger partial charge in [-0.3, -0.25) is 9.59 Å². The summed E-state index contributed by atoms with van der Waals surface area (Å²) < 4.78 is 37.6. The van der Waals surface area contributed by atoms with Crippen molar-refractivity contribution in [3.8, 4) is 16.9 Å². The number of alkyl carbamates (subject to hydrolysis) is 1. The first kappa shape index (κ1) is 29.3. The van der Waals surface area contributed by atoms with Crippen molar-refractivity contribution in [1.82, 2.24) is 5.32 Å². The lowest BCUT2D eigenvalue weighted by molar-refractivity contribution is -0.139. The quantitative estimate of drug-likeness (QED) is 0.178. The molecule has 0 atom stereocenters. The molecule has 1 aromatic heterocycles. The van der Waals surface area contributed by atoms with E-state index in [4.69, 9.17) is 18.6 Å². The predicted molar refractivity (Wildman–Crippen MR) is 151 cm³/mol. The van der Waals surface area contributed by atoms with Crippen LogP contribution in [0, 0.1) is 5.82 Å². The molecule has 0 spiro atoms. The van der Waals surface area contributed by atoms with E-state index < -0.39 is 23.5 Å². The first-order valence-electron chi connectivity index (χ1n) is 13.0. The van der Waals surface area contributed by atoms with Crippen molar-refractivity contribution in [2.45, 2.75) is 52.9 Å². The summed E-state index contributed by atoms with van der Waals surface area (Å²) in [6.45, 7) is 6.71. The molecule has 3 aromatic carbocycles. The lowest BCUT2D eigenvalue weighted by Gasteiger charge is -2.20. The summed E-state index contributed by atoms with van der Waals surface area (Å²) in [6, 6.07) is 15.2. The van der Waals surface area contributed by atoms with E-state index in [1.165, 1.54) is 20.3 Å². The van der Waals surface area contributed by atoms with Gasteiger partial charge in [-0.25, -0.2) is 9.18 Å². The number of ketones is 1. The molecule has 0 bridgehead atoms. The Balaban J connectivity index is 1.63. The van der Waals surface area contributed by atoms with Gasteiger partial charge in [-0.05, 0) is 57.5 Å². The number of rotatable bonds is 9. The summed E-state index contributed by atoms with van der Waals surface area (Å²) in [5.74, 6) is -0.714. The fourth-order valence-corrected chi connectivity index (χ4v) is 4.28. The number of ether oxygens (including phenoxy) is 3. The van der Waals surface area contributed by atoms with E-state index in [9.17, 15) is 14.4 Å². The lowest BCUT2D eigenvalue weighted by Crippen LogP contribution is -2.32. The van der Waals surface area contributed by atoms with Crippen LogP contribution in [-0.2, 0) is 33.8 Å². The van der Waals surface area contributed by atoms with Gasteiger partial charge in [0, 0.05) is 39.7 Å². The number of carbonyl (C=O) groups is 3. The van der Waals surface area contributed by atoms with Crippen molar-refractivity contribution >= 4 is 28.8 Å². The van der Waals surface area contributed by atoms with Gasteiger partial charge >= 0.3 is 12.1 Å². The maximum absolute atomic E-state index is 15.8. The molecule has 1 heterocycles. The van der Waals surface area contributed by atoms with Crippen LogP contribution >= 0.6 is 0 Å². The Kier molecular flexibility index (Phi) is 8.76. The fraction of sp³-hybridized carbons (Fsp3) is 0.281. The van der Waals surface area contributed by atoms with Crippen molar-refractivity contribution in [2.24, 2.45) is 0 Å². The Morgan fingerprint density at radius 3 is 2.46 bits per heavy atom. The monoisotopic (exact) mass is 561 g/mol. The Bertz CT molecular complexity index is 1600. The van der Waals surface area contributed by atoms with Crippen LogP contribution in [0.15, 0.2) is 65.3 Å². The summed E-state index contributed by atoms with van der Waals surface area (Å²) in [5.41, 5.74) is 2.63. The number of hydrogen-bond donors (Lipinski definition) is 1. The van der Waals surface area contributed by atoms with E-state index in [1.54, 1.807) is 69.3 Å². The Morgan fingerprint density at radius 2 is 1.76 bits per heavy atom. The fourth-order valence-electron chi connectivity index (χ4n) is 4.28. The zero-order valence-corrected chi connectivity index (χ0v) is 23.6. The van der Waals surface area contributed by atoms with Crippen LogP contribution in [0.25, 0.3) is 22.1 Å². The van der Waals surface area contributed by atoms with Crippen LogP contribution in [0.3, 0.4) is 0 Å². The second-order valence-electron chi connectivity index (χ2n) is 10.5. The lowest BCUT2D eigenvalue weighted by atomic mass is 9.98. The van der Waals surface area contributed by atoms with Crippen LogP contribution < -0.4 is 10.1 Å². The first-order chi connectivity index (χ1) is 19.4. The number of fused-ring (bicyclic) bond motifs is 1. The van der Waals surface area contributed by atoms with Gasteiger partial charge in [0.1, 0.15) is 29.4 Å². The Labute approximate surface area is 237 Å². The molecule has 0 aliphatic rings. The number of hydrogen-bond acceptors (Lipinski definition) is 7. The Hall–Kier alpha value is -4.66. The molecule has 8 nitrogen and oxygen atoms in total. The first-order valence-corrected chi connectivity index (χ1v) is 13.0. The van der Waals surface area contributed by atoms with Crippen molar-refractivity contribution in [1.29, 1.82) is 0 Å². The highest BCUT2D eigenvalue weighted by Crippen LogP contribution is 2.34. The predicted octanol–water partition coefficient (Wildman–Crippen LogP) is 6.76. The van der Waals surface area contributed by atoms with Gasteiger partial charge in [-0.15, -0.1) is 0 Å². The molecule has 0 saturated heterocycles. The van der Waals surface area contributed by atoms with Crippen LogP contribution in [0.1, 0.15) is 54.7 Å². The van der Waals surface area contributed by atoms with E-state index in [1.807, 2.05) is 6.07 Å². The van der Waals surface area contributed by atoms with Crippen LogP contribution in [0.5, 0.6) is 5.75 Å². The molecule has 0 fully saturated rings. The number of methoxy groups -OCH3 is 1. The second-order valence-corrected chi connectivity index (χ2v) is 10.5. The molecule has 0 aliphatic carbocycles. The van der Waals surface area contributed by atoms with Crippen LogP contribution in [0.2, 0.25) is 0 Å². The average Bonchev–Trinajstić information content (AvgIpc) is 3.39. The molecule has 1 N–H and O–H groups in total. The minimum Gasteiger partial charge on any atom is -0.489 e. The number of benzene rings is 3. The number of halogens is 1. The number of Topliss-reactive ketones (excluding diaryl/α,β-unsaturated/α-hetero) is 1. The summed E-state index contributed by atoms with van der Waals surface area (Å²) >= 11 is 0. The molecule has 0 aliphatic heterocycles. The van der Waals surface area contributed by atoms with Gasteiger partial charge in [-0.1, -0.05) is 30.3 Å². The summed E-state index contributed by atoms with van der Waals surface area (Å²) in [6.07, 6.45) is 0.858. The highest BCUT2D eigenvalue weighted by molar-refractivity contribution is 5.95. The maximum Gasteiger partial charge on any atom is 0.407 e. The molecule has 4 rings (SSSR count). The molecule has 0 unspecified atom stereocenters. The largest absolute Gasteiger partial charge is 0.489 e. The smallest absolute Gasteiger partial charge is 0.407 e. The van der Waals surface area contributed by atoms with Gasteiger partial charge in [-0.2, -0.15) is 0 Å². The molecule has 4 aromatic rings. The highest BCUT2D eigenvalue weighted by Gasteiger charge is 2.19. The van der Waals surface area contributed by atoms with Crippen molar-refractivity contribution < 1.29 is 37.4 Å². The zero-order chi connectivity index (χ0) is 29.7. The average molecular weight is 562 g/mol. The third kappa shape index (κ3) is 7.30. The highest BCUT2D eigenvalue weighted by atomic mass is 19.1. The summed E-state index contributed by atoms with van der Waals surface area (Å²) in [7, 11) is 1.30. The van der Waals surface area contributed by atoms with Crippen molar-refractivity contribution in [2.75, 3.05) is 7.11 Å². The van der Waals surface area contributed by atoms with Gasteiger partial charge in [0.05, 0.1) is 19.8 Å². The minimum atomic E-state index is -0.675. The topological polar surface area (TPSA) is 104 Å². The summed E-state index contributed by atoms with van der Waals surface area (Å²) in [4.78, 5) is 36.0. The van der Waals surface area contributed by atoms with E-state index in [2.05, 4.69) is 5.32 Å². The standard InChI is InChI=1S/C32H32FNO7/c1-19(35)21-9-10-22(16-28(36)38-5)27(15-21)40-18-20-13-23-11-12-39-30(23)26(14-20)25-8-6-7-24(29(25)33)17-34-31(37)41-32(2,3)4/h6-15H,16-18H2,1-5H3,(H,34,37). The third-order valence-corrected chi connectivity index (χ3v) is 6.23. The molecule has 9 heteroatoms. The van der Waals surface area contributed by atoms with Crippen molar-refractivity contribution in [3.05, 3.63) is 88.9 Å². The van der Waals surface area contributed by atoms with Gasteiger partial charge in [0.15, 0.2) is 5.78 Å². The normalized spacial score (nSPS) is 11.3. The van der Waals surface area contributed by atoms with E-state index in [0.29, 0.717) is 39.1 Å². The second kappa shape index (κ2) is 12.2. The SMILES string of the molecule is COC(=O)Cc1ccc(C(C)=O)cc1OCc1cc(-c2cccc(CNC(=O)OC(C)(C)C)c2F)c2occc2c1. The maximum atomic E-state index is 15.8. The van der Waals surface area contributed by atoms with Gasteiger partial charge < -0.3 is 23.9 Å². The molecule has 41 heavy (non-hydrogen) atoms. The van der Waals surface area contributed by atoms with Crippen LogP contribution in [-0.4, -0.2) is 30.6 Å². The number of amides is 1. The van der Waals surface area contributed by atoms with Gasteiger partial charge in [0.25, 0.3) is 0 Å². The molecule has 0 radical (unpaired) electrons. The zero-order valence-electron chi connectivity index (χ0n) is 23.6. The molecular weight excluding hydrogens is 529 g/mol. The van der Waals surface area contributed by atoms with Crippen molar-refractivity contribution in [3.63, 3.8) is 0 Å². The number of furan rings is 1. The number of nitrogens with one attached hydrogen (secondary N) is 1. The molecule has 214 valence electrons. The number of esters is 1. The van der Waals surface area contributed by atoms with Gasteiger partial charge in [0.2, 0.25) is 0 Å². The molecule has 1 amide bonds. The number of carbonyl (C=O) groups excluding carboxylic acids is 3. The summed E-state index contributed by atoms with van der Waals surface area (Å²) in [5, 5.41) is 3.33. The van der Waals surface area contributed by atoms with E-state index >= 15 is 4.39 Å². The van der Waals surface area contributed by atoms with Crippen LogP contribution in [0.4, 0.5) is 9.18 Å². The minimum absolute atomic E-state index is 0.0225. The van der Waals surface area contributed by atoms with E-state index in [-0.39, 0.29) is 30.9 Å².